The molecule has 1 unspecified atom stereocenters. The van der Waals surface area contributed by atoms with Gasteiger partial charge in [0.2, 0.25) is 0 Å². The molecule has 0 radical (unpaired) electrons. The molecule has 0 aromatic heterocycles. The van der Waals surface area contributed by atoms with Crippen molar-refractivity contribution in [2.24, 2.45) is 0 Å². The highest BCUT2D eigenvalue weighted by molar-refractivity contribution is 7.90. The van der Waals surface area contributed by atoms with E-state index < -0.39 is 9.84 Å². The Bertz CT molecular complexity index is 500. The molecule has 1 aromatic rings. The van der Waals surface area contributed by atoms with Crippen molar-refractivity contribution in [1.29, 1.82) is 0 Å². The van der Waals surface area contributed by atoms with Gasteiger partial charge in [-0.25, -0.2) is 12.8 Å². The van der Waals surface area contributed by atoms with Gasteiger partial charge in [-0.05, 0) is 32.4 Å². The number of sulfone groups is 1. The van der Waals surface area contributed by atoms with Gasteiger partial charge in [0.15, 0.2) is 0 Å². The zero-order chi connectivity index (χ0) is 13.8. The molecule has 0 saturated carbocycles. The lowest BCUT2D eigenvalue weighted by Gasteiger charge is -2.18. The summed E-state index contributed by atoms with van der Waals surface area (Å²) >= 11 is 0. The predicted octanol–water partition coefficient (Wildman–Crippen LogP) is 2.22. The van der Waals surface area contributed by atoms with Gasteiger partial charge in [-0.15, -0.1) is 0 Å². The summed E-state index contributed by atoms with van der Waals surface area (Å²) in [6.07, 6.45) is 2.34. The minimum Gasteiger partial charge on any atom is -0.313 e. The van der Waals surface area contributed by atoms with Crippen LogP contribution in [0.2, 0.25) is 0 Å². The summed E-state index contributed by atoms with van der Waals surface area (Å²) in [7, 11) is -1.19. The van der Waals surface area contributed by atoms with E-state index in [-0.39, 0.29) is 17.6 Å². The average Bonchev–Trinajstić information content (AvgIpc) is 2.27. The fourth-order valence-corrected chi connectivity index (χ4v) is 2.64. The maximum absolute atomic E-state index is 13.9. The highest BCUT2D eigenvalue weighted by Crippen LogP contribution is 2.23. The van der Waals surface area contributed by atoms with E-state index in [2.05, 4.69) is 5.32 Å². The third-order valence-corrected chi connectivity index (χ3v) is 3.98. The predicted molar refractivity (Wildman–Crippen MR) is 71.9 cm³/mol. The number of hydrogen-bond donors (Lipinski definition) is 1. The smallest absolute Gasteiger partial charge is 0.147 e. The Morgan fingerprint density at radius 3 is 2.61 bits per heavy atom. The van der Waals surface area contributed by atoms with Crippen LogP contribution in [0.1, 0.15) is 30.0 Å². The monoisotopic (exact) mass is 273 g/mol. The van der Waals surface area contributed by atoms with Crippen LogP contribution in [-0.4, -0.2) is 27.5 Å². The van der Waals surface area contributed by atoms with Crippen LogP contribution in [0.5, 0.6) is 0 Å². The van der Waals surface area contributed by atoms with Crippen molar-refractivity contribution >= 4 is 9.84 Å². The van der Waals surface area contributed by atoms with E-state index in [1.165, 1.54) is 6.26 Å². The van der Waals surface area contributed by atoms with E-state index in [1.807, 2.05) is 6.07 Å². The third kappa shape index (κ3) is 4.38. The van der Waals surface area contributed by atoms with Gasteiger partial charge >= 0.3 is 0 Å². The maximum atomic E-state index is 13.9. The third-order valence-electron chi connectivity index (χ3n) is 2.95. The largest absolute Gasteiger partial charge is 0.313 e. The number of nitrogens with one attached hydrogen (secondary N) is 1. The molecule has 0 aliphatic rings. The first kappa shape index (κ1) is 15.1. The Labute approximate surface area is 108 Å². The SMILES string of the molecule is CNC(CCCS(C)(=O)=O)c1cccc(C)c1F. The van der Waals surface area contributed by atoms with Crippen LogP contribution in [0.3, 0.4) is 0 Å². The maximum Gasteiger partial charge on any atom is 0.147 e. The molecule has 1 aromatic carbocycles. The minimum absolute atomic E-state index is 0.138. The van der Waals surface area contributed by atoms with Crippen molar-refractivity contribution in [2.75, 3.05) is 19.1 Å². The quantitative estimate of drug-likeness (QED) is 0.864. The molecule has 0 aliphatic heterocycles. The molecule has 0 aliphatic carbocycles. The van der Waals surface area contributed by atoms with Crippen molar-refractivity contribution in [2.45, 2.75) is 25.8 Å². The van der Waals surface area contributed by atoms with Gasteiger partial charge in [0.05, 0.1) is 0 Å². The zero-order valence-corrected chi connectivity index (χ0v) is 11.8. The highest BCUT2D eigenvalue weighted by Gasteiger charge is 2.15. The topological polar surface area (TPSA) is 46.2 Å². The molecule has 1 rings (SSSR count). The van der Waals surface area contributed by atoms with Crippen LogP contribution in [0.4, 0.5) is 4.39 Å². The lowest BCUT2D eigenvalue weighted by atomic mass is 10.00. The first-order valence-electron chi connectivity index (χ1n) is 5.95. The van der Waals surface area contributed by atoms with Gasteiger partial charge in [0.1, 0.15) is 15.7 Å². The van der Waals surface area contributed by atoms with Crippen LogP contribution >= 0.6 is 0 Å². The van der Waals surface area contributed by atoms with E-state index in [4.69, 9.17) is 0 Å². The molecule has 0 spiro atoms. The zero-order valence-electron chi connectivity index (χ0n) is 11.0. The molecule has 0 heterocycles. The lowest BCUT2D eigenvalue weighted by Crippen LogP contribution is -2.19. The normalized spacial score (nSPS) is 13.6. The van der Waals surface area contributed by atoms with Crippen molar-refractivity contribution < 1.29 is 12.8 Å². The summed E-state index contributed by atoms with van der Waals surface area (Å²) in [5, 5.41) is 3.04. The van der Waals surface area contributed by atoms with Crippen LogP contribution in [0.15, 0.2) is 18.2 Å². The fraction of sp³-hybridized carbons (Fsp3) is 0.538. The average molecular weight is 273 g/mol. The van der Waals surface area contributed by atoms with Gasteiger partial charge in [-0.2, -0.15) is 0 Å². The molecule has 0 bridgehead atoms. The molecule has 0 fully saturated rings. The van der Waals surface area contributed by atoms with E-state index in [9.17, 15) is 12.8 Å². The molecule has 102 valence electrons. The molecule has 3 nitrogen and oxygen atoms in total. The van der Waals surface area contributed by atoms with Gasteiger partial charge < -0.3 is 5.32 Å². The lowest BCUT2D eigenvalue weighted by molar-refractivity contribution is 0.499. The Morgan fingerprint density at radius 1 is 1.39 bits per heavy atom. The molecule has 1 N–H and O–H groups in total. The summed E-state index contributed by atoms with van der Waals surface area (Å²) in [4.78, 5) is 0. The summed E-state index contributed by atoms with van der Waals surface area (Å²) in [6.45, 7) is 1.72. The van der Waals surface area contributed by atoms with Gasteiger partial charge in [0.25, 0.3) is 0 Å². The van der Waals surface area contributed by atoms with Gasteiger partial charge in [-0.1, -0.05) is 18.2 Å². The van der Waals surface area contributed by atoms with E-state index >= 15 is 0 Å². The molecule has 0 saturated heterocycles. The van der Waals surface area contributed by atoms with Crippen molar-refractivity contribution in [1.82, 2.24) is 5.32 Å². The van der Waals surface area contributed by atoms with Crippen LogP contribution in [0.25, 0.3) is 0 Å². The van der Waals surface area contributed by atoms with Gasteiger partial charge in [-0.3, -0.25) is 0 Å². The van der Waals surface area contributed by atoms with Crippen molar-refractivity contribution in [3.8, 4) is 0 Å². The molecule has 1 atom stereocenters. The standard InChI is InChI=1S/C13H20FNO2S/c1-10-6-4-7-11(13(10)14)12(15-2)8-5-9-18(3,16)17/h4,6-7,12,15H,5,8-9H2,1-3H3. The highest BCUT2D eigenvalue weighted by atomic mass is 32.2. The van der Waals surface area contributed by atoms with Crippen LogP contribution in [-0.2, 0) is 9.84 Å². The number of aryl methyl sites for hydroxylation is 1. The second-order valence-corrected chi connectivity index (χ2v) is 6.85. The summed E-state index contributed by atoms with van der Waals surface area (Å²) in [6, 6.07) is 5.13. The van der Waals surface area contributed by atoms with Crippen molar-refractivity contribution in [3.63, 3.8) is 0 Å². The first-order chi connectivity index (χ1) is 8.35. The number of hydrogen-bond acceptors (Lipinski definition) is 3. The molecular formula is C13H20FNO2S. The first-order valence-corrected chi connectivity index (χ1v) is 8.01. The van der Waals surface area contributed by atoms with Gasteiger partial charge in [0, 0.05) is 23.6 Å². The number of benzene rings is 1. The summed E-state index contributed by atoms with van der Waals surface area (Å²) in [5.41, 5.74) is 1.21. The Morgan fingerprint density at radius 2 is 2.06 bits per heavy atom. The van der Waals surface area contributed by atoms with E-state index in [1.54, 1.807) is 26.1 Å². The molecule has 5 heteroatoms. The Kier molecular flexibility index (Phi) is 5.28. The minimum atomic E-state index is -2.95. The molecule has 0 amide bonds. The second kappa shape index (κ2) is 6.29. The number of rotatable bonds is 6. The summed E-state index contributed by atoms with van der Waals surface area (Å²) < 4.78 is 36.1. The Hall–Kier alpha value is -0.940. The number of halogens is 1. The van der Waals surface area contributed by atoms with Crippen LogP contribution < -0.4 is 5.32 Å². The van der Waals surface area contributed by atoms with E-state index in [0.29, 0.717) is 24.0 Å². The van der Waals surface area contributed by atoms with Crippen molar-refractivity contribution in [3.05, 3.63) is 35.1 Å². The summed E-state index contributed by atoms with van der Waals surface area (Å²) in [5.74, 6) is -0.0743. The Balaban J connectivity index is 2.75. The fourth-order valence-electron chi connectivity index (χ4n) is 1.94. The molecular weight excluding hydrogens is 253 g/mol. The van der Waals surface area contributed by atoms with Crippen LogP contribution in [0, 0.1) is 12.7 Å². The second-order valence-electron chi connectivity index (χ2n) is 4.59. The molecule has 18 heavy (non-hydrogen) atoms. The van der Waals surface area contributed by atoms with E-state index in [0.717, 1.165) is 0 Å².